The molecule has 1 atom stereocenters. The topological polar surface area (TPSA) is 166 Å². The van der Waals surface area contributed by atoms with Gasteiger partial charge in [-0.25, -0.2) is 11.3 Å². The van der Waals surface area contributed by atoms with E-state index in [0.29, 0.717) is 11.3 Å². The van der Waals surface area contributed by atoms with Crippen LogP contribution in [0.2, 0.25) is 0 Å². The number of hydrogen-bond donors (Lipinski definition) is 6. The van der Waals surface area contributed by atoms with Gasteiger partial charge in [0.05, 0.1) is 5.71 Å². The number of aromatic hydroxyl groups is 1. The van der Waals surface area contributed by atoms with Crippen LogP contribution in [0.25, 0.3) is 0 Å². The number of aliphatic hydroxyl groups is 1. The van der Waals surface area contributed by atoms with Gasteiger partial charge in [-0.1, -0.05) is 30.3 Å². The van der Waals surface area contributed by atoms with Gasteiger partial charge >= 0.3 is 11.8 Å². The van der Waals surface area contributed by atoms with Crippen molar-refractivity contribution in [2.75, 3.05) is 5.32 Å². The Labute approximate surface area is 159 Å². The second kappa shape index (κ2) is 7.47. The van der Waals surface area contributed by atoms with E-state index in [1.807, 2.05) is 5.43 Å². The number of carbonyl (C=O) groups is 3. The SMILES string of the molecule is NNC(=O)C(=O)NN=C(CC1(O)C(=O)Nc2ccccc21)c1ccccc1O. The maximum absolute atomic E-state index is 12.5. The highest BCUT2D eigenvalue weighted by Gasteiger charge is 2.46. The zero-order valence-electron chi connectivity index (χ0n) is 14.5. The second-order valence-corrected chi connectivity index (χ2v) is 6.03. The number of hydrogen-bond acceptors (Lipinski definition) is 7. The number of hydrazine groups is 1. The molecule has 28 heavy (non-hydrogen) atoms. The smallest absolute Gasteiger partial charge is 0.330 e. The second-order valence-electron chi connectivity index (χ2n) is 6.03. The van der Waals surface area contributed by atoms with Crippen molar-refractivity contribution in [3.05, 3.63) is 59.7 Å². The number of benzene rings is 2. The van der Waals surface area contributed by atoms with E-state index >= 15 is 0 Å². The summed E-state index contributed by atoms with van der Waals surface area (Å²) < 4.78 is 0. The predicted molar refractivity (Wildman–Crippen MR) is 98.7 cm³/mol. The van der Waals surface area contributed by atoms with Crippen LogP contribution in [0.1, 0.15) is 17.5 Å². The molecule has 10 nitrogen and oxygen atoms in total. The molecule has 0 aromatic heterocycles. The summed E-state index contributed by atoms with van der Waals surface area (Å²) in [4.78, 5) is 35.4. The molecule has 0 bridgehead atoms. The highest BCUT2D eigenvalue weighted by Crippen LogP contribution is 2.39. The number of phenols is 1. The number of nitrogens with zero attached hydrogens (tertiary/aromatic N) is 1. The molecule has 0 spiro atoms. The molecule has 0 fully saturated rings. The Balaban J connectivity index is 2.01. The summed E-state index contributed by atoms with van der Waals surface area (Å²) in [6, 6.07) is 12.6. The van der Waals surface area contributed by atoms with Crippen LogP contribution >= 0.6 is 0 Å². The predicted octanol–water partition coefficient (Wildman–Crippen LogP) is -0.568. The lowest BCUT2D eigenvalue weighted by Crippen LogP contribution is -2.42. The van der Waals surface area contributed by atoms with Gasteiger partial charge in [-0.15, -0.1) is 0 Å². The molecule has 7 N–H and O–H groups in total. The van der Waals surface area contributed by atoms with Crippen LogP contribution in [-0.2, 0) is 20.0 Å². The lowest BCUT2D eigenvalue weighted by Gasteiger charge is -2.22. The monoisotopic (exact) mass is 383 g/mol. The molecule has 0 saturated carbocycles. The lowest BCUT2D eigenvalue weighted by atomic mass is 9.87. The normalized spacial score (nSPS) is 18.2. The van der Waals surface area contributed by atoms with Crippen molar-refractivity contribution < 1.29 is 24.6 Å². The van der Waals surface area contributed by atoms with Gasteiger partial charge in [-0.3, -0.25) is 19.8 Å². The zero-order valence-corrected chi connectivity index (χ0v) is 14.5. The number of nitrogens with two attached hydrogens (primary N) is 1. The fourth-order valence-corrected chi connectivity index (χ4v) is 2.87. The lowest BCUT2D eigenvalue weighted by molar-refractivity contribution is -0.139. The molecule has 2 aromatic carbocycles. The fraction of sp³-hybridized carbons (Fsp3) is 0.111. The number of carbonyl (C=O) groups excluding carboxylic acids is 3. The van der Waals surface area contributed by atoms with Crippen LogP contribution in [0.15, 0.2) is 53.6 Å². The third-order valence-electron chi connectivity index (χ3n) is 4.26. The van der Waals surface area contributed by atoms with E-state index in [4.69, 9.17) is 5.84 Å². The summed E-state index contributed by atoms with van der Waals surface area (Å²) >= 11 is 0. The molecule has 1 aliphatic rings. The quantitative estimate of drug-likeness (QED) is 0.136. The van der Waals surface area contributed by atoms with E-state index < -0.39 is 23.3 Å². The average molecular weight is 383 g/mol. The summed E-state index contributed by atoms with van der Waals surface area (Å²) in [5.74, 6) is 1.74. The number of amides is 3. The first kappa shape index (κ1) is 19.0. The Kier molecular flexibility index (Phi) is 5.07. The first-order chi connectivity index (χ1) is 13.4. The third-order valence-corrected chi connectivity index (χ3v) is 4.26. The number of hydrazone groups is 1. The molecule has 0 radical (unpaired) electrons. The Morgan fingerprint density at radius 3 is 2.50 bits per heavy atom. The van der Waals surface area contributed by atoms with E-state index in [-0.39, 0.29) is 23.4 Å². The fourth-order valence-electron chi connectivity index (χ4n) is 2.87. The first-order valence-electron chi connectivity index (χ1n) is 8.16. The van der Waals surface area contributed by atoms with E-state index in [1.165, 1.54) is 12.1 Å². The zero-order chi connectivity index (χ0) is 20.3. The molecule has 144 valence electrons. The van der Waals surface area contributed by atoms with Gasteiger partial charge in [-0.2, -0.15) is 5.10 Å². The van der Waals surface area contributed by atoms with Crippen LogP contribution < -0.4 is 22.0 Å². The van der Waals surface area contributed by atoms with Gasteiger partial charge in [0.2, 0.25) is 0 Å². The van der Waals surface area contributed by atoms with E-state index in [1.54, 1.807) is 41.8 Å². The minimum atomic E-state index is -1.99. The summed E-state index contributed by atoms with van der Waals surface area (Å²) in [6.45, 7) is 0. The summed E-state index contributed by atoms with van der Waals surface area (Å²) in [5, 5.41) is 27.6. The molecular formula is C18H17N5O5. The van der Waals surface area contributed by atoms with Crippen molar-refractivity contribution in [2.24, 2.45) is 10.9 Å². The molecule has 0 aliphatic carbocycles. The standard InChI is InChI=1S/C18H17N5O5/c19-21-15(25)16(26)23-22-13(10-5-1-4-8-14(10)24)9-18(28)11-6-2-3-7-12(11)20-17(18)27/h1-8,24,28H,9,19H2,(H,20,27)(H,21,25)(H,23,26). The maximum atomic E-state index is 12.5. The van der Waals surface area contributed by atoms with Crippen molar-refractivity contribution in [1.82, 2.24) is 10.9 Å². The van der Waals surface area contributed by atoms with E-state index in [9.17, 15) is 24.6 Å². The molecule has 10 heteroatoms. The number of fused-ring (bicyclic) bond motifs is 1. The Hall–Kier alpha value is -3.76. The van der Waals surface area contributed by atoms with Crippen molar-refractivity contribution >= 4 is 29.1 Å². The molecule has 1 aliphatic heterocycles. The van der Waals surface area contributed by atoms with Crippen molar-refractivity contribution in [3.63, 3.8) is 0 Å². The Morgan fingerprint density at radius 2 is 1.79 bits per heavy atom. The molecule has 1 heterocycles. The van der Waals surface area contributed by atoms with Crippen molar-refractivity contribution in [2.45, 2.75) is 12.0 Å². The molecule has 0 saturated heterocycles. The number of rotatable bonds is 4. The highest BCUT2D eigenvalue weighted by atomic mass is 16.3. The van der Waals surface area contributed by atoms with Gasteiger partial charge in [0.1, 0.15) is 5.75 Å². The molecule has 3 rings (SSSR count). The average Bonchev–Trinajstić information content (AvgIpc) is 2.95. The van der Waals surface area contributed by atoms with Gasteiger partial charge < -0.3 is 15.5 Å². The molecule has 1 unspecified atom stereocenters. The van der Waals surface area contributed by atoms with Gasteiger partial charge in [-0.05, 0) is 18.2 Å². The number of nitrogens with one attached hydrogen (secondary N) is 3. The third kappa shape index (κ3) is 3.41. The maximum Gasteiger partial charge on any atom is 0.330 e. The van der Waals surface area contributed by atoms with Crippen LogP contribution in [-0.4, -0.2) is 33.6 Å². The van der Waals surface area contributed by atoms with Crippen LogP contribution in [0.3, 0.4) is 0 Å². The highest BCUT2D eigenvalue weighted by molar-refractivity contribution is 6.35. The van der Waals surface area contributed by atoms with Crippen molar-refractivity contribution in [1.29, 1.82) is 0 Å². The number of anilines is 1. The van der Waals surface area contributed by atoms with E-state index in [2.05, 4.69) is 10.4 Å². The Morgan fingerprint density at radius 1 is 1.11 bits per heavy atom. The van der Waals surface area contributed by atoms with Gasteiger partial charge in [0.15, 0.2) is 5.60 Å². The largest absolute Gasteiger partial charge is 0.507 e. The van der Waals surface area contributed by atoms with Crippen LogP contribution in [0.4, 0.5) is 5.69 Å². The minimum absolute atomic E-state index is 0.0226. The summed E-state index contributed by atoms with van der Waals surface area (Å²) in [7, 11) is 0. The number of phenolic OH excluding ortho intramolecular Hbond substituents is 1. The van der Waals surface area contributed by atoms with E-state index in [0.717, 1.165) is 0 Å². The summed E-state index contributed by atoms with van der Waals surface area (Å²) in [6.07, 6.45) is -0.377. The van der Waals surface area contributed by atoms with Crippen LogP contribution in [0, 0.1) is 0 Å². The van der Waals surface area contributed by atoms with Crippen molar-refractivity contribution in [3.8, 4) is 5.75 Å². The first-order valence-corrected chi connectivity index (χ1v) is 8.16. The summed E-state index contributed by atoms with van der Waals surface area (Å²) in [5.41, 5.74) is 2.58. The Bertz CT molecular complexity index is 990. The molecule has 3 amide bonds. The number of para-hydroxylation sites is 2. The molecule has 2 aromatic rings. The van der Waals surface area contributed by atoms with Gasteiger partial charge in [0, 0.05) is 23.2 Å². The van der Waals surface area contributed by atoms with Gasteiger partial charge in [0.25, 0.3) is 5.91 Å². The minimum Gasteiger partial charge on any atom is -0.507 e. The molecular weight excluding hydrogens is 366 g/mol. The van der Waals surface area contributed by atoms with Crippen LogP contribution in [0.5, 0.6) is 5.75 Å².